The van der Waals surface area contributed by atoms with E-state index in [1.807, 2.05) is 24.3 Å². The van der Waals surface area contributed by atoms with Crippen molar-refractivity contribution in [2.45, 2.75) is 6.42 Å². The molecule has 0 aliphatic heterocycles. The molecule has 2 aromatic carbocycles. The molecule has 1 N–H and O–H groups in total. The summed E-state index contributed by atoms with van der Waals surface area (Å²) in [5.41, 5.74) is 2.77. The minimum absolute atomic E-state index is 0.0332. The first-order chi connectivity index (χ1) is 11.1. The smallest absolute Gasteiger partial charge is 0.185 e. The lowest BCUT2D eigenvalue weighted by atomic mass is 10.0. The largest absolute Gasteiger partial charge is 0.505 e. The van der Waals surface area contributed by atoms with Crippen LogP contribution in [0.1, 0.15) is 15.9 Å². The van der Waals surface area contributed by atoms with E-state index >= 15 is 0 Å². The first-order valence-corrected chi connectivity index (χ1v) is 7.10. The molecule has 0 saturated heterocycles. The molecule has 114 valence electrons. The van der Waals surface area contributed by atoms with Crippen molar-refractivity contribution in [3.63, 3.8) is 0 Å². The lowest BCUT2D eigenvalue weighted by Crippen LogP contribution is -2.04. The van der Waals surface area contributed by atoms with Crippen molar-refractivity contribution in [2.75, 3.05) is 0 Å². The molecule has 3 aromatic rings. The van der Waals surface area contributed by atoms with Gasteiger partial charge in [0.25, 0.3) is 0 Å². The van der Waals surface area contributed by atoms with Crippen LogP contribution in [-0.4, -0.2) is 25.9 Å². The van der Waals surface area contributed by atoms with E-state index in [-0.39, 0.29) is 11.5 Å². The molecule has 3 rings (SSSR count). The van der Waals surface area contributed by atoms with Crippen LogP contribution >= 0.6 is 0 Å². The van der Waals surface area contributed by atoms with Crippen LogP contribution in [0.25, 0.3) is 16.7 Å². The number of allylic oxidation sites excluding steroid dienone is 2. The number of phenols is 1. The molecule has 0 fully saturated rings. The van der Waals surface area contributed by atoms with E-state index in [0.29, 0.717) is 34.3 Å². The van der Waals surface area contributed by atoms with E-state index in [1.165, 1.54) is 10.9 Å². The van der Waals surface area contributed by atoms with Gasteiger partial charge in [0.05, 0.1) is 0 Å². The lowest BCUT2D eigenvalue weighted by Gasteiger charge is -2.10. The molecule has 0 unspecified atom stereocenters. The average molecular weight is 305 g/mol. The highest BCUT2D eigenvalue weighted by Gasteiger charge is 2.16. The summed E-state index contributed by atoms with van der Waals surface area (Å²) in [5.74, 6) is -0.195. The van der Waals surface area contributed by atoms with Gasteiger partial charge in [-0.2, -0.15) is 0 Å². The Morgan fingerprint density at radius 2 is 1.83 bits per heavy atom. The highest BCUT2D eigenvalue weighted by atomic mass is 16.3. The molecule has 0 saturated carbocycles. The van der Waals surface area contributed by atoms with Gasteiger partial charge in [0.15, 0.2) is 5.78 Å². The monoisotopic (exact) mass is 305 g/mol. The second-order valence-corrected chi connectivity index (χ2v) is 5.04. The maximum absolute atomic E-state index is 12.0. The summed E-state index contributed by atoms with van der Waals surface area (Å²) in [5, 5.41) is 19.2. The zero-order chi connectivity index (χ0) is 16.4. The fourth-order valence-electron chi connectivity index (χ4n) is 2.37. The number of fused-ring (bicyclic) bond motifs is 1. The van der Waals surface area contributed by atoms with E-state index in [0.717, 1.165) is 0 Å². The molecule has 0 spiro atoms. The summed E-state index contributed by atoms with van der Waals surface area (Å²) in [6, 6.07) is 10.6. The molecule has 0 bridgehead atoms. The Bertz CT molecular complexity index is 892. The Hall–Kier alpha value is -3.21. The predicted octanol–water partition coefficient (Wildman–Crippen LogP) is 3.22. The number of hydrogen-bond acceptors (Lipinski definition) is 4. The van der Waals surface area contributed by atoms with Crippen molar-refractivity contribution in [3.05, 3.63) is 72.8 Å². The number of hydrogen-bond donors (Lipinski definition) is 1. The number of ketones is 1. The fourth-order valence-corrected chi connectivity index (χ4v) is 2.37. The zero-order valence-electron chi connectivity index (χ0n) is 12.4. The lowest BCUT2D eigenvalue weighted by molar-refractivity contribution is 0.104. The summed E-state index contributed by atoms with van der Waals surface area (Å²) in [7, 11) is 0. The molecule has 0 amide bonds. The standard InChI is InChI=1S/C18H15N3O2/c1-3-7-12-10-13(17(22)4-2)11-16(18(12)23)21-19-14-8-5-6-9-15(14)20-21/h3-6,8-11,23H,1-2,7H2. The van der Waals surface area contributed by atoms with Crippen LogP contribution in [0, 0.1) is 0 Å². The molecule has 5 heteroatoms. The van der Waals surface area contributed by atoms with Gasteiger partial charge in [-0.3, -0.25) is 4.79 Å². The number of aromatic nitrogens is 3. The van der Waals surface area contributed by atoms with Gasteiger partial charge in [0, 0.05) is 11.1 Å². The van der Waals surface area contributed by atoms with Gasteiger partial charge < -0.3 is 5.11 Å². The van der Waals surface area contributed by atoms with Gasteiger partial charge in [-0.1, -0.05) is 24.8 Å². The maximum Gasteiger partial charge on any atom is 0.185 e. The molecule has 1 heterocycles. The number of nitrogens with zero attached hydrogens (tertiary/aromatic N) is 3. The fraction of sp³-hybridized carbons (Fsp3) is 0.0556. The van der Waals surface area contributed by atoms with Gasteiger partial charge >= 0.3 is 0 Å². The molecular weight excluding hydrogens is 290 g/mol. The molecule has 23 heavy (non-hydrogen) atoms. The van der Waals surface area contributed by atoms with E-state index in [9.17, 15) is 9.90 Å². The summed E-state index contributed by atoms with van der Waals surface area (Å²) in [4.78, 5) is 13.3. The van der Waals surface area contributed by atoms with Crippen molar-refractivity contribution < 1.29 is 9.90 Å². The minimum atomic E-state index is -0.228. The Morgan fingerprint density at radius 1 is 1.17 bits per heavy atom. The second kappa shape index (κ2) is 5.88. The van der Waals surface area contributed by atoms with Gasteiger partial charge in [-0.05, 0) is 36.8 Å². The van der Waals surface area contributed by atoms with Crippen LogP contribution in [0.4, 0.5) is 0 Å². The van der Waals surface area contributed by atoms with Crippen LogP contribution in [-0.2, 0) is 6.42 Å². The number of aromatic hydroxyl groups is 1. The number of carbonyl (C=O) groups is 1. The average Bonchev–Trinajstić information content (AvgIpc) is 3.00. The molecule has 0 atom stereocenters. The summed E-state index contributed by atoms with van der Waals surface area (Å²) in [6.45, 7) is 7.18. The predicted molar refractivity (Wildman–Crippen MR) is 89.0 cm³/mol. The molecular formula is C18H15N3O2. The zero-order valence-corrected chi connectivity index (χ0v) is 12.4. The Labute approximate surface area is 133 Å². The van der Waals surface area contributed by atoms with Gasteiger partial charge in [0.2, 0.25) is 0 Å². The maximum atomic E-state index is 12.0. The summed E-state index contributed by atoms with van der Waals surface area (Å²) in [6.07, 6.45) is 3.33. The first-order valence-electron chi connectivity index (χ1n) is 7.10. The molecule has 0 radical (unpaired) electrons. The van der Waals surface area contributed by atoms with Crippen LogP contribution in [0.2, 0.25) is 0 Å². The van der Waals surface area contributed by atoms with Crippen molar-refractivity contribution in [3.8, 4) is 11.4 Å². The third-order valence-corrected chi connectivity index (χ3v) is 3.51. The molecule has 1 aromatic heterocycles. The third-order valence-electron chi connectivity index (χ3n) is 3.51. The Balaban J connectivity index is 2.23. The van der Waals surface area contributed by atoms with Gasteiger partial charge in [-0.15, -0.1) is 21.6 Å². The number of carbonyl (C=O) groups excluding carboxylic acids is 1. The van der Waals surface area contributed by atoms with E-state index in [4.69, 9.17) is 0 Å². The Morgan fingerprint density at radius 3 is 2.39 bits per heavy atom. The van der Waals surface area contributed by atoms with Gasteiger partial charge in [-0.25, -0.2) is 0 Å². The molecule has 0 aliphatic carbocycles. The van der Waals surface area contributed by atoms with Crippen LogP contribution in [0.5, 0.6) is 5.75 Å². The minimum Gasteiger partial charge on any atom is -0.505 e. The van der Waals surface area contributed by atoms with Crippen molar-refractivity contribution in [2.24, 2.45) is 0 Å². The van der Waals surface area contributed by atoms with Crippen molar-refractivity contribution >= 4 is 16.8 Å². The Kier molecular flexibility index (Phi) is 3.76. The third kappa shape index (κ3) is 2.64. The second-order valence-electron chi connectivity index (χ2n) is 5.04. The molecule has 0 aliphatic rings. The van der Waals surface area contributed by atoms with Crippen molar-refractivity contribution in [1.29, 1.82) is 0 Å². The van der Waals surface area contributed by atoms with Gasteiger partial charge in [0.1, 0.15) is 22.5 Å². The summed E-state index contributed by atoms with van der Waals surface area (Å²) >= 11 is 0. The highest BCUT2D eigenvalue weighted by Crippen LogP contribution is 2.29. The van der Waals surface area contributed by atoms with E-state index in [1.54, 1.807) is 18.2 Å². The number of rotatable bonds is 5. The molecule has 5 nitrogen and oxygen atoms in total. The first kappa shape index (κ1) is 14.7. The highest BCUT2D eigenvalue weighted by molar-refractivity contribution is 6.04. The summed E-state index contributed by atoms with van der Waals surface area (Å²) < 4.78 is 0. The normalized spacial score (nSPS) is 10.6. The van der Waals surface area contributed by atoms with Crippen LogP contribution < -0.4 is 0 Å². The topological polar surface area (TPSA) is 68.0 Å². The number of benzene rings is 2. The number of phenolic OH excluding ortho intramolecular Hbond substituents is 1. The quantitative estimate of drug-likeness (QED) is 0.446. The van der Waals surface area contributed by atoms with Crippen LogP contribution in [0.3, 0.4) is 0 Å². The van der Waals surface area contributed by atoms with E-state index < -0.39 is 0 Å². The van der Waals surface area contributed by atoms with Crippen LogP contribution in [0.15, 0.2) is 61.7 Å². The van der Waals surface area contributed by atoms with Crippen molar-refractivity contribution in [1.82, 2.24) is 15.0 Å². The SMILES string of the molecule is C=CCc1cc(C(=O)C=C)cc(-n2nc3ccccc3n2)c1O. The van der Waals surface area contributed by atoms with E-state index in [2.05, 4.69) is 23.4 Å².